The SMILES string of the molecule is CC(C)(O)c1cncc(C(F)F)n1. The van der Waals surface area contributed by atoms with Crippen molar-refractivity contribution in [1.82, 2.24) is 9.97 Å². The number of nitrogens with zero attached hydrogens (tertiary/aromatic N) is 2. The van der Waals surface area contributed by atoms with E-state index < -0.39 is 17.7 Å². The van der Waals surface area contributed by atoms with Gasteiger partial charge in [0.2, 0.25) is 0 Å². The summed E-state index contributed by atoms with van der Waals surface area (Å²) in [5.41, 5.74) is -1.51. The van der Waals surface area contributed by atoms with Gasteiger partial charge in [-0.1, -0.05) is 0 Å². The van der Waals surface area contributed by atoms with E-state index in [0.717, 1.165) is 6.20 Å². The molecule has 0 atom stereocenters. The first kappa shape index (κ1) is 9.98. The molecule has 0 fully saturated rings. The van der Waals surface area contributed by atoms with Crippen LogP contribution in [0.2, 0.25) is 0 Å². The minimum atomic E-state index is -2.66. The molecule has 0 spiro atoms. The van der Waals surface area contributed by atoms with E-state index in [2.05, 4.69) is 9.97 Å². The summed E-state index contributed by atoms with van der Waals surface area (Å²) in [5, 5.41) is 9.45. The predicted octanol–water partition coefficient (Wildman–Crippen LogP) is 1.64. The molecule has 1 rings (SSSR count). The van der Waals surface area contributed by atoms with Crippen LogP contribution in [0.1, 0.15) is 31.7 Å². The molecule has 72 valence electrons. The maximum absolute atomic E-state index is 12.2. The molecule has 0 aliphatic carbocycles. The van der Waals surface area contributed by atoms with Crippen molar-refractivity contribution in [1.29, 1.82) is 0 Å². The zero-order valence-electron chi connectivity index (χ0n) is 7.33. The lowest BCUT2D eigenvalue weighted by molar-refractivity contribution is 0.0715. The molecule has 0 aromatic carbocycles. The van der Waals surface area contributed by atoms with E-state index >= 15 is 0 Å². The van der Waals surface area contributed by atoms with Crippen LogP contribution in [0.5, 0.6) is 0 Å². The Morgan fingerprint density at radius 1 is 1.38 bits per heavy atom. The first-order valence-electron chi connectivity index (χ1n) is 3.74. The fraction of sp³-hybridized carbons (Fsp3) is 0.500. The zero-order valence-corrected chi connectivity index (χ0v) is 7.33. The van der Waals surface area contributed by atoms with Gasteiger partial charge >= 0.3 is 0 Å². The Bertz CT molecular complexity index is 296. The highest BCUT2D eigenvalue weighted by atomic mass is 19.3. The maximum atomic E-state index is 12.2. The molecule has 1 aromatic rings. The van der Waals surface area contributed by atoms with Crippen molar-refractivity contribution in [3.63, 3.8) is 0 Å². The monoisotopic (exact) mass is 188 g/mol. The Kier molecular flexibility index (Phi) is 2.56. The summed E-state index contributed by atoms with van der Waals surface area (Å²) in [6.45, 7) is 2.93. The second-order valence-electron chi connectivity index (χ2n) is 3.19. The van der Waals surface area contributed by atoms with E-state index in [4.69, 9.17) is 0 Å². The van der Waals surface area contributed by atoms with E-state index in [1.807, 2.05) is 0 Å². The molecule has 0 bridgehead atoms. The Morgan fingerprint density at radius 3 is 2.46 bits per heavy atom. The third-order valence-corrected chi connectivity index (χ3v) is 1.50. The van der Waals surface area contributed by atoms with Crippen LogP contribution in [0, 0.1) is 0 Å². The summed E-state index contributed by atoms with van der Waals surface area (Å²) < 4.78 is 24.3. The minimum absolute atomic E-state index is 0.144. The summed E-state index contributed by atoms with van der Waals surface area (Å²) in [6.07, 6.45) is -0.402. The van der Waals surface area contributed by atoms with Crippen LogP contribution in [-0.4, -0.2) is 15.1 Å². The summed E-state index contributed by atoms with van der Waals surface area (Å²) in [4.78, 5) is 7.15. The Balaban J connectivity index is 3.06. The predicted molar refractivity (Wildman–Crippen MR) is 42.2 cm³/mol. The lowest BCUT2D eigenvalue weighted by atomic mass is 10.1. The van der Waals surface area contributed by atoms with Crippen LogP contribution in [0.4, 0.5) is 8.78 Å². The van der Waals surface area contributed by atoms with Crippen LogP contribution in [0.3, 0.4) is 0 Å². The summed E-state index contributed by atoms with van der Waals surface area (Å²) in [7, 11) is 0. The van der Waals surface area contributed by atoms with Crippen LogP contribution in [0.15, 0.2) is 12.4 Å². The van der Waals surface area contributed by atoms with Crippen molar-refractivity contribution in [3.8, 4) is 0 Å². The van der Waals surface area contributed by atoms with Crippen LogP contribution < -0.4 is 0 Å². The van der Waals surface area contributed by atoms with Crippen molar-refractivity contribution >= 4 is 0 Å². The molecule has 0 saturated heterocycles. The summed E-state index contributed by atoms with van der Waals surface area (Å²) in [5.74, 6) is 0. The van der Waals surface area contributed by atoms with Gasteiger partial charge in [0.15, 0.2) is 0 Å². The standard InChI is InChI=1S/C8H10F2N2O/c1-8(2,13)6-4-11-3-5(12-6)7(9)10/h3-4,7,13H,1-2H3. The number of aliphatic hydroxyl groups is 1. The number of aromatic nitrogens is 2. The van der Waals surface area contributed by atoms with Gasteiger partial charge in [-0.05, 0) is 13.8 Å². The molecular weight excluding hydrogens is 178 g/mol. The lowest BCUT2D eigenvalue weighted by Crippen LogP contribution is -2.18. The topological polar surface area (TPSA) is 46.0 Å². The van der Waals surface area contributed by atoms with Gasteiger partial charge in [-0.3, -0.25) is 4.98 Å². The minimum Gasteiger partial charge on any atom is -0.384 e. The third-order valence-electron chi connectivity index (χ3n) is 1.50. The summed E-state index contributed by atoms with van der Waals surface area (Å²) >= 11 is 0. The molecule has 0 aliphatic heterocycles. The molecule has 1 heterocycles. The van der Waals surface area contributed by atoms with Gasteiger partial charge in [0.05, 0.1) is 18.1 Å². The molecular formula is C8H10F2N2O. The molecule has 0 aliphatic rings. The zero-order chi connectivity index (χ0) is 10.1. The van der Waals surface area contributed by atoms with Crippen molar-refractivity contribution in [2.75, 3.05) is 0 Å². The average Bonchev–Trinajstić information content (AvgIpc) is 2.03. The van der Waals surface area contributed by atoms with Crippen molar-refractivity contribution in [2.45, 2.75) is 25.9 Å². The first-order chi connectivity index (χ1) is 5.91. The average molecular weight is 188 g/mol. The van der Waals surface area contributed by atoms with Gasteiger partial charge in [-0.25, -0.2) is 13.8 Å². The van der Waals surface area contributed by atoms with Gasteiger partial charge in [0, 0.05) is 0 Å². The van der Waals surface area contributed by atoms with Crippen molar-refractivity contribution < 1.29 is 13.9 Å². The highest BCUT2D eigenvalue weighted by molar-refractivity contribution is 5.09. The van der Waals surface area contributed by atoms with Gasteiger partial charge in [-0.15, -0.1) is 0 Å². The smallest absolute Gasteiger partial charge is 0.281 e. The highest BCUT2D eigenvalue weighted by Gasteiger charge is 2.20. The fourth-order valence-electron chi connectivity index (χ4n) is 0.781. The van der Waals surface area contributed by atoms with Gasteiger partial charge in [0.25, 0.3) is 6.43 Å². The molecule has 0 saturated carbocycles. The van der Waals surface area contributed by atoms with E-state index in [1.165, 1.54) is 20.0 Å². The normalized spacial score (nSPS) is 12.2. The molecule has 0 unspecified atom stereocenters. The van der Waals surface area contributed by atoms with Gasteiger partial charge < -0.3 is 5.11 Å². The Labute approximate surface area is 74.5 Å². The summed E-state index contributed by atoms with van der Waals surface area (Å²) in [6, 6.07) is 0. The van der Waals surface area contributed by atoms with Crippen molar-refractivity contribution in [2.24, 2.45) is 0 Å². The number of hydrogen-bond donors (Lipinski definition) is 1. The third kappa shape index (κ3) is 2.42. The molecule has 3 nitrogen and oxygen atoms in total. The van der Waals surface area contributed by atoms with E-state index in [9.17, 15) is 13.9 Å². The van der Waals surface area contributed by atoms with Gasteiger partial charge in [-0.2, -0.15) is 0 Å². The maximum Gasteiger partial charge on any atom is 0.281 e. The molecule has 0 amide bonds. The second-order valence-corrected chi connectivity index (χ2v) is 3.19. The quantitative estimate of drug-likeness (QED) is 0.767. The van der Waals surface area contributed by atoms with Crippen LogP contribution in [-0.2, 0) is 5.60 Å². The number of rotatable bonds is 2. The molecule has 5 heteroatoms. The lowest BCUT2D eigenvalue weighted by Gasteiger charge is -2.16. The largest absolute Gasteiger partial charge is 0.384 e. The Morgan fingerprint density at radius 2 is 2.00 bits per heavy atom. The second kappa shape index (κ2) is 3.33. The number of hydrogen-bond acceptors (Lipinski definition) is 3. The van der Waals surface area contributed by atoms with Gasteiger partial charge in [0.1, 0.15) is 11.3 Å². The molecule has 0 radical (unpaired) electrons. The van der Waals surface area contributed by atoms with Crippen LogP contribution >= 0.6 is 0 Å². The van der Waals surface area contributed by atoms with Crippen molar-refractivity contribution in [3.05, 3.63) is 23.8 Å². The van der Waals surface area contributed by atoms with Crippen LogP contribution in [0.25, 0.3) is 0 Å². The van der Waals surface area contributed by atoms with E-state index in [0.29, 0.717) is 0 Å². The first-order valence-corrected chi connectivity index (χ1v) is 3.74. The molecule has 13 heavy (non-hydrogen) atoms. The fourth-order valence-corrected chi connectivity index (χ4v) is 0.781. The number of alkyl halides is 2. The Hall–Kier alpha value is -1.10. The van der Waals surface area contributed by atoms with E-state index in [-0.39, 0.29) is 5.69 Å². The molecule has 1 aromatic heterocycles. The highest BCUT2D eigenvalue weighted by Crippen LogP contribution is 2.20. The van der Waals surface area contributed by atoms with E-state index in [1.54, 1.807) is 0 Å². The molecule has 1 N–H and O–H groups in total. The number of halogens is 2.